The van der Waals surface area contributed by atoms with Crippen molar-refractivity contribution in [2.75, 3.05) is 24.3 Å². The van der Waals surface area contributed by atoms with Crippen molar-refractivity contribution in [3.8, 4) is 0 Å². The van der Waals surface area contributed by atoms with E-state index in [1.807, 2.05) is 36.4 Å². The van der Waals surface area contributed by atoms with Crippen LogP contribution in [0, 0.1) is 0 Å². The molecule has 0 unspecified atom stereocenters. The number of nitrogens with zero attached hydrogens (tertiary/aromatic N) is 1. The lowest BCUT2D eigenvalue weighted by Gasteiger charge is -2.25. The number of ketones is 1. The molecule has 26 heavy (non-hydrogen) atoms. The van der Waals surface area contributed by atoms with Crippen LogP contribution >= 0.6 is 11.6 Å². The number of Topliss-reactive ketones (excluding diaryl/α,β-unsaturated/α-hetero) is 1. The summed E-state index contributed by atoms with van der Waals surface area (Å²) in [5.41, 5.74) is 9.97. The Bertz CT molecular complexity index is 927. The minimum Gasteiger partial charge on any atom is -0.469 e. The Hall–Kier alpha value is -2.53. The third-order valence-electron chi connectivity index (χ3n) is 5.36. The topological polar surface area (TPSA) is 72.6 Å². The Morgan fingerprint density at radius 1 is 1.31 bits per heavy atom. The molecule has 134 valence electrons. The minimum atomic E-state index is -0.454. The van der Waals surface area contributed by atoms with E-state index in [1.165, 1.54) is 7.11 Å². The fourth-order valence-corrected chi connectivity index (χ4v) is 4.16. The number of fused-ring (bicyclic) bond motifs is 2. The average Bonchev–Trinajstić information content (AvgIpc) is 3.15. The van der Waals surface area contributed by atoms with Gasteiger partial charge in [0.05, 0.1) is 23.2 Å². The van der Waals surface area contributed by atoms with Crippen LogP contribution in [0.4, 0.5) is 17.1 Å². The molecule has 0 radical (unpaired) electrons. The molecule has 1 aliphatic carbocycles. The predicted octanol–water partition coefficient (Wildman–Crippen LogP) is 3.39. The third kappa shape index (κ3) is 2.46. The SMILES string of the molecule is COC(=O)CCc1c(N)cccc1N1C[C@]2(CC2=O)c2cccc(Cl)c21. The first-order valence-corrected chi connectivity index (χ1v) is 8.90. The van der Waals surface area contributed by atoms with Gasteiger partial charge < -0.3 is 15.4 Å². The summed E-state index contributed by atoms with van der Waals surface area (Å²) in [5.74, 6) is -0.0450. The van der Waals surface area contributed by atoms with Gasteiger partial charge in [0, 0.05) is 30.8 Å². The molecule has 4 rings (SSSR count). The number of halogens is 1. The number of nitrogen functional groups attached to an aromatic ring is 1. The van der Waals surface area contributed by atoms with Gasteiger partial charge in [-0.15, -0.1) is 0 Å². The number of anilines is 3. The van der Waals surface area contributed by atoms with E-state index >= 15 is 0 Å². The first kappa shape index (κ1) is 16.9. The lowest BCUT2D eigenvalue weighted by Crippen LogP contribution is -2.22. The summed E-state index contributed by atoms with van der Waals surface area (Å²) in [6.45, 7) is 0.555. The summed E-state index contributed by atoms with van der Waals surface area (Å²) in [4.78, 5) is 25.9. The van der Waals surface area contributed by atoms with Gasteiger partial charge in [-0.3, -0.25) is 9.59 Å². The van der Waals surface area contributed by atoms with Crippen molar-refractivity contribution in [3.63, 3.8) is 0 Å². The summed E-state index contributed by atoms with van der Waals surface area (Å²) >= 11 is 6.50. The van der Waals surface area contributed by atoms with Crippen LogP contribution in [0.3, 0.4) is 0 Å². The van der Waals surface area contributed by atoms with Crippen LogP contribution < -0.4 is 10.6 Å². The van der Waals surface area contributed by atoms with E-state index in [4.69, 9.17) is 22.1 Å². The number of methoxy groups -OCH3 is 1. The normalized spacial score (nSPS) is 20.4. The fraction of sp³-hybridized carbons (Fsp3) is 0.300. The van der Waals surface area contributed by atoms with Gasteiger partial charge in [0.25, 0.3) is 0 Å². The highest BCUT2D eigenvalue weighted by Gasteiger charge is 2.61. The second-order valence-corrected chi connectivity index (χ2v) is 7.23. The van der Waals surface area contributed by atoms with Gasteiger partial charge in [-0.25, -0.2) is 0 Å². The van der Waals surface area contributed by atoms with Crippen LogP contribution in [-0.4, -0.2) is 25.4 Å². The number of carbonyl (C=O) groups excluding carboxylic acids is 2. The van der Waals surface area contributed by atoms with Crippen molar-refractivity contribution in [2.45, 2.75) is 24.7 Å². The van der Waals surface area contributed by atoms with Gasteiger partial charge in [-0.2, -0.15) is 0 Å². The molecule has 2 N–H and O–H groups in total. The molecule has 0 aromatic heterocycles. The Kier molecular flexibility index (Phi) is 3.92. The third-order valence-corrected chi connectivity index (χ3v) is 5.66. The summed E-state index contributed by atoms with van der Waals surface area (Å²) < 4.78 is 4.75. The van der Waals surface area contributed by atoms with E-state index in [0.717, 1.165) is 22.5 Å². The molecule has 1 atom stereocenters. The highest BCUT2D eigenvalue weighted by Crippen LogP contribution is 2.57. The summed E-state index contributed by atoms with van der Waals surface area (Å²) in [7, 11) is 1.37. The molecule has 0 saturated heterocycles. The highest BCUT2D eigenvalue weighted by molar-refractivity contribution is 6.34. The molecule has 5 nitrogen and oxygen atoms in total. The van der Waals surface area contributed by atoms with Crippen molar-refractivity contribution in [1.29, 1.82) is 0 Å². The van der Waals surface area contributed by atoms with E-state index in [2.05, 4.69) is 4.90 Å². The zero-order valence-electron chi connectivity index (χ0n) is 14.4. The van der Waals surface area contributed by atoms with E-state index in [9.17, 15) is 9.59 Å². The van der Waals surface area contributed by atoms with Gasteiger partial charge in [-0.05, 0) is 35.7 Å². The maximum Gasteiger partial charge on any atom is 0.305 e. The van der Waals surface area contributed by atoms with Gasteiger partial charge in [0.1, 0.15) is 5.78 Å². The van der Waals surface area contributed by atoms with Gasteiger partial charge >= 0.3 is 5.97 Å². The number of hydrogen-bond acceptors (Lipinski definition) is 5. The van der Waals surface area contributed by atoms with Crippen molar-refractivity contribution >= 4 is 40.4 Å². The number of ether oxygens (including phenoxy) is 1. The second-order valence-electron chi connectivity index (χ2n) is 6.83. The van der Waals surface area contributed by atoms with E-state index in [1.54, 1.807) is 0 Å². The van der Waals surface area contributed by atoms with Crippen molar-refractivity contribution in [3.05, 3.63) is 52.5 Å². The number of benzene rings is 2. The van der Waals surface area contributed by atoms with Crippen molar-refractivity contribution in [2.24, 2.45) is 0 Å². The lowest BCUT2D eigenvalue weighted by atomic mass is 9.98. The first-order valence-electron chi connectivity index (χ1n) is 8.52. The second kappa shape index (κ2) is 6.02. The summed E-state index contributed by atoms with van der Waals surface area (Å²) in [6.07, 6.45) is 1.24. The van der Waals surface area contributed by atoms with Gasteiger partial charge in [0.15, 0.2) is 0 Å². The molecule has 1 heterocycles. The summed E-state index contributed by atoms with van der Waals surface area (Å²) in [5, 5.41) is 0.611. The Morgan fingerprint density at radius 2 is 2.04 bits per heavy atom. The van der Waals surface area contributed by atoms with E-state index in [0.29, 0.717) is 30.1 Å². The maximum atomic E-state index is 12.2. The first-order chi connectivity index (χ1) is 12.5. The number of hydrogen-bond donors (Lipinski definition) is 1. The highest BCUT2D eigenvalue weighted by atomic mass is 35.5. The minimum absolute atomic E-state index is 0.239. The number of nitrogens with two attached hydrogens (primary N) is 1. The van der Waals surface area contributed by atoms with Gasteiger partial charge in [0.2, 0.25) is 0 Å². The Morgan fingerprint density at radius 3 is 2.73 bits per heavy atom. The van der Waals surface area contributed by atoms with Crippen LogP contribution in [-0.2, 0) is 26.2 Å². The smallest absolute Gasteiger partial charge is 0.305 e. The maximum absolute atomic E-state index is 12.2. The largest absolute Gasteiger partial charge is 0.469 e. The fourth-order valence-electron chi connectivity index (χ4n) is 3.88. The molecular weight excluding hydrogens is 352 g/mol. The molecule has 0 amide bonds. The molecule has 0 bridgehead atoms. The predicted molar refractivity (Wildman–Crippen MR) is 101 cm³/mol. The molecule has 1 aliphatic heterocycles. The molecular formula is C20H19ClN2O3. The lowest BCUT2D eigenvalue weighted by molar-refractivity contribution is -0.140. The summed E-state index contributed by atoms with van der Waals surface area (Å²) in [6, 6.07) is 11.4. The molecule has 2 aromatic carbocycles. The number of esters is 1. The standard InChI is InChI=1S/C20H19ClN2O3/c1-26-18(25)9-8-12-15(22)6-3-7-16(12)23-11-20(10-17(20)24)13-4-2-5-14(21)19(13)23/h2-7H,8-11,22H2,1H3/t20-/m1/s1. The molecule has 6 heteroatoms. The Balaban J connectivity index is 1.79. The molecule has 1 fully saturated rings. The molecule has 1 saturated carbocycles. The average molecular weight is 371 g/mol. The van der Waals surface area contributed by atoms with Crippen LogP contribution in [0.2, 0.25) is 5.02 Å². The van der Waals surface area contributed by atoms with Crippen LogP contribution in [0.1, 0.15) is 24.0 Å². The molecule has 2 aliphatic rings. The molecule has 1 spiro atoms. The number of para-hydroxylation sites is 1. The quantitative estimate of drug-likeness (QED) is 0.659. The zero-order chi connectivity index (χ0) is 18.5. The number of rotatable bonds is 4. The van der Waals surface area contributed by atoms with Crippen LogP contribution in [0.15, 0.2) is 36.4 Å². The van der Waals surface area contributed by atoms with Crippen molar-refractivity contribution in [1.82, 2.24) is 0 Å². The Labute approximate surface area is 156 Å². The van der Waals surface area contributed by atoms with E-state index in [-0.39, 0.29) is 18.2 Å². The zero-order valence-corrected chi connectivity index (χ0v) is 15.2. The van der Waals surface area contributed by atoms with Crippen LogP contribution in [0.5, 0.6) is 0 Å². The molecule has 2 aromatic rings. The van der Waals surface area contributed by atoms with E-state index < -0.39 is 5.41 Å². The monoisotopic (exact) mass is 370 g/mol. The number of carbonyl (C=O) groups is 2. The van der Waals surface area contributed by atoms with Gasteiger partial charge in [-0.1, -0.05) is 29.8 Å². The van der Waals surface area contributed by atoms with Crippen LogP contribution in [0.25, 0.3) is 0 Å². The van der Waals surface area contributed by atoms with Crippen molar-refractivity contribution < 1.29 is 14.3 Å².